The van der Waals surface area contributed by atoms with Crippen LogP contribution >= 0.6 is 0 Å². The molecular weight excluding hydrogens is 343 g/mol. The molecule has 3 rings (SSSR count). The molecule has 0 aromatic heterocycles. The van der Waals surface area contributed by atoms with Crippen LogP contribution in [0.25, 0.3) is 0 Å². The van der Waals surface area contributed by atoms with Gasteiger partial charge in [0.2, 0.25) is 11.8 Å². The van der Waals surface area contributed by atoms with Gasteiger partial charge in [-0.25, -0.2) is 9.18 Å². The van der Waals surface area contributed by atoms with E-state index in [9.17, 15) is 23.9 Å². The number of hydrogen-bond donors (Lipinski definition) is 4. The van der Waals surface area contributed by atoms with Crippen molar-refractivity contribution in [2.45, 2.75) is 44.5 Å². The van der Waals surface area contributed by atoms with Gasteiger partial charge in [-0.15, -0.1) is 0 Å². The lowest BCUT2D eigenvalue weighted by Crippen LogP contribution is -2.64. The van der Waals surface area contributed by atoms with E-state index in [1.165, 1.54) is 24.0 Å². The number of halogens is 1. The third-order valence-corrected chi connectivity index (χ3v) is 4.72. The Balaban J connectivity index is 1.64. The highest BCUT2D eigenvalue weighted by Crippen LogP contribution is 2.24. The average molecular weight is 364 g/mol. The van der Waals surface area contributed by atoms with Crippen LogP contribution in [0.1, 0.15) is 18.9 Å². The van der Waals surface area contributed by atoms with Gasteiger partial charge in [-0.3, -0.25) is 9.59 Å². The van der Waals surface area contributed by atoms with Crippen LogP contribution in [0.15, 0.2) is 18.2 Å². The largest absolute Gasteiger partial charge is 0.391 e. The number of carbonyl (C=O) groups is 3. The Bertz CT molecular complexity index is 754. The van der Waals surface area contributed by atoms with Crippen LogP contribution in [0, 0.1) is 12.7 Å². The van der Waals surface area contributed by atoms with E-state index < -0.39 is 36.1 Å². The van der Waals surface area contributed by atoms with Crippen molar-refractivity contribution in [3.05, 3.63) is 29.6 Å². The van der Waals surface area contributed by atoms with Crippen LogP contribution in [-0.2, 0) is 9.59 Å². The number of aliphatic hydroxyl groups is 1. The van der Waals surface area contributed by atoms with Crippen LogP contribution in [0.3, 0.4) is 0 Å². The summed E-state index contributed by atoms with van der Waals surface area (Å²) in [6, 6.07) is 1.48. The van der Waals surface area contributed by atoms with Crippen molar-refractivity contribution in [2.24, 2.45) is 0 Å². The number of rotatable bonds is 3. The summed E-state index contributed by atoms with van der Waals surface area (Å²) < 4.78 is 13.3. The van der Waals surface area contributed by atoms with E-state index in [1.54, 1.807) is 13.0 Å². The van der Waals surface area contributed by atoms with E-state index in [1.807, 2.05) is 0 Å². The second kappa shape index (κ2) is 6.91. The summed E-state index contributed by atoms with van der Waals surface area (Å²) in [5.74, 6) is -1.17. The molecule has 0 aliphatic carbocycles. The maximum atomic E-state index is 13.3. The van der Waals surface area contributed by atoms with Crippen molar-refractivity contribution in [1.29, 1.82) is 0 Å². The first-order chi connectivity index (χ1) is 12.3. The zero-order valence-corrected chi connectivity index (χ0v) is 14.5. The molecule has 8 nitrogen and oxygen atoms in total. The van der Waals surface area contributed by atoms with Gasteiger partial charge >= 0.3 is 6.03 Å². The highest BCUT2D eigenvalue weighted by molar-refractivity contribution is 5.98. The number of nitrogens with zero attached hydrogens (tertiary/aromatic N) is 1. The van der Waals surface area contributed by atoms with Crippen molar-refractivity contribution in [1.82, 2.24) is 15.5 Å². The molecule has 2 saturated heterocycles. The number of piperazine rings is 1. The highest BCUT2D eigenvalue weighted by Gasteiger charge is 2.47. The van der Waals surface area contributed by atoms with Crippen LogP contribution < -0.4 is 16.0 Å². The van der Waals surface area contributed by atoms with Crippen LogP contribution in [-0.4, -0.2) is 58.6 Å². The minimum atomic E-state index is -1.00. The molecule has 26 heavy (non-hydrogen) atoms. The standard InChI is InChI=1S/C17H21FN4O4/c1-8-3-4-10(18)5-12(8)20-17(26)19-11-6-13-15(24)21-14(9(2)23)16(25)22(13)7-11/h3-5,9,11,13-14,23H,6-7H2,1-2H3,(H,21,24)(H2,19,20,26)/t9-,11+,13+,14+/m1/s1. The SMILES string of the molecule is Cc1ccc(F)cc1NC(=O)N[C@H]1C[C@H]2C(=O)N[C@@H]([C@@H](C)O)C(=O)N2C1. The Morgan fingerprint density at radius 1 is 1.42 bits per heavy atom. The lowest BCUT2D eigenvalue weighted by atomic mass is 10.0. The zero-order chi connectivity index (χ0) is 19.0. The Morgan fingerprint density at radius 2 is 2.15 bits per heavy atom. The highest BCUT2D eigenvalue weighted by atomic mass is 19.1. The summed E-state index contributed by atoms with van der Waals surface area (Å²) in [6.07, 6.45) is -0.724. The number of aliphatic hydroxyl groups excluding tert-OH is 1. The number of hydrogen-bond acceptors (Lipinski definition) is 4. The van der Waals surface area contributed by atoms with Crippen molar-refractivity contribution >= 4 is 23.5 Å². The molecule has 1 aromatic rings. The van der Waals surface area contributed by atoms with E-state index in [2.05, 4.69) is 16.0 Å². The first-order valence-corrected chi connectivity index (χ1v) is 8.39. The number of carbonyl (C=O) groups excluding carboxylic acids is 3. The topological polar surface area (TPSA) is 111 Å². The molecule has 2 aliphatic rings. The first kappa shape index (κ1) is 18.1. The van der Waals surface area contributed by atoms with E-state index in [4.69, 9.17) is 0 Å². The molecular formula is C17H21FN4O4. The van der Waals surface area contributed by atoms with Gasteiger partial charge in [-0.05, 0) is 38.0 Å². The molecule has 9 heteroatoms. The van der Waals surface area contributed by atoms with Crippen molar-refractivity contribution in [3.63, 3.8) is 0 Å². The maximum absolute atomic E-state index is 13.3. The van der Waals surface area contributed by atoms with E-state index in [0.29, 0.717) is 11.3 Å². The van der Waals surface area contributed by atoms with Crippen molar-refractivity contribution < 1.29 is 23.9 Å². The molecule has 2 heterocycles. The summed E-state index contributed by atoms with van der Waals surface area (Å²) in [6.45, 7) is 3.35. The predicted octanol–water partition coefficient (Wildman–Crippen LogP) is 0.104. The third kappa shape index (κ3) is 3.48. The minimum Gasteiger partial charge on any atom is -0.391 e. The quantitative estimate of drug-likeness (QED) is 0.610. The molecule has 0 radical (unpaired) electrons. The van der Waals surface area contributed by atoms with E-state index >= 15 is 0 Å². The van der Waals surface area contributed by atoms with Crippen LogP contribution in [0.5, 0.6) is 0 Å². The zero-order valence-electron chi connectivity index (χ0n) is 14.5. The summed E-state index contributed by atoms with van der Waals surface area (Å²) in [4.78, 5) is 38.1. The molecule has 2 aliphatic heterocycles. The number of fused-ring (bicyclic) bond motifs is 1. The Morgan fingerprint density at radius 3 is 2.85 bits per heavy atom. The number of nitrogens with one attached hydrogen (secondary N) is 3. The second-order valence-corrected chi connectivity index (χ2v) is 6.72. The predicted molar refractivity (Wildman–Crippen MR) is 90.8 cm³/mol. The number of aryl methyl sites for hydroxylation is 1. The number of amides is 4. The van der Waals surface area contributed by atoms with Crippen molar-refractivity contribution in [3.8, 4) is 0 Å². The number of benzene rings is 1. The summed E-state index contributed by atoms with van der Waals surface area (Å²) >= 11 is 0. The lowest BCUT2D eigenvalue weighted by molar-refractivity contribution is -0.149. The monoisotopic (exact) mass is 364 g/mol. The number of anilines is 1. The maximum Gasteiger partial charge on any atom is 0.319 e. The summed E-state index contributed by atoms with van der Waals surface area (Å²) in [5.41, 5.74) is 1.06. The molecule has 0 spiro atoms. The lowest BCUT2D eigenvalue weighted by Gasteiger charge is -2.35. The van der Waals surface area contributed by atoms with Gasteiger partial charge in [0.15, 0.2) is 0 Å². The first-order valence-electron chi connectivity index (χ1n) is 8.39. The van der Waals surface area contributed by atoms with Gasteiger partial charge in [-0.1, -0.05) is 6.07 Å². The summed E-state index contributed by atoms with van der Waals surface area (Å²) in [7, 11) is 0. The molecule has 0 unspecified atom stereocenters. The van der Waals surface area contributed by atoms with E-state index in [-0.39, 0.29) is 24.8 Å². The van der Waals surface area contributed by atoms with Crippen LogP contribution in [0.2, 0.25) is 0 Å². The third-order valence-electron chi connectivity index (χ3n) is 4.72. The Labute approximate surface area is 149 Å². The van der Waals surface area contributed by atoms with E-state index in [0.717, 1.165) is 0 Å². The van der Waals surface area contributed by atoms with Gasteiger partial charge in [0, 0.05) is 12.2 Å². The fourth-order valence-electron chi connectivity index (χ4n) is 3.32. The molecule has 0 saturated carbocycles. The molecule has 2 fully saturated rings. The van der Waals surface area contributed by atoms with Gasteiger partial charge in [0.25, 0.3) is 0 Å². The average Bonchev–Trinajstić information content (AvgIpc) is 2.98. The van der Waals surface area contributed by atoms with Gasteiger partial charge in [0.05, 0.1) is 12.1 Å². The Hall–Kier alpha value is -2.68. The van der Waals surface area contributed by atoms with Crippen molar-refractivity contribution in [2.75, 3.05) is 11.9 Å². The molecule has 4 amide bonds. The molecule has 4 atom stereocenters. The Kier molecular flexibility index (Phi) is 4.82. The minimum absolute atomic E-state index is 0.176. The molecule has 140 valence electrons. The molecule has 0 bridgehead atoms. The normalized spacial score (nSPS) is 26.2. The van der Waals surface area contributed by atoms with Gasteiger partial charge in [-0.2, -0.15) is 0 Å². The fourth-order valence-corrected chi connectivity index (χ4v) is 3.32. The van der Waals surface area contributed by atoms with Gasteiger partial charge < -0.3 is 26.0 Å². The van der Waals surface area contributed by atoms with Crippen LogP contribution in [0.4, 0.5) is 14.9 Å². The van der Waals surface area contributed by atoms with Gasteiger partial charge in [0.1, 0.15) is 17.9 Å². The molecule has 1 aromatic carbocycles. The smallest absolute Gasteiger partial charge is 0.319 e. The second-order valence-electron chi connectivity index (χ2n) is 6.72. The fraction of sp³-hybridized carbons (Fsp3) is 0.471. The summed E-state index contributed by atoms with van der Waals surface area (Å²) in [5, 5.41) is 17.4. The molecule has 4 N–H and O–H groups in total. The number of urea groups is 1.